The molecule has 0 radical (unpaired) electrons. The summed E-state index contributed by atoms with van der Waals surface area (Å²) in [5.74, 6) is -0.186. The lowest BCUT2D eigenvalue weighted by atomic mass is 9.76. The first kappa shape index (κ1) is 13.7. The summed E-state index contributed by atoms with van der Waals surface area (Å²) in [6.45, 7) is 3.99. The molecule has 1 unspecified atom stereocenters. The monoisotopic (exact) mass is 239 g/mol. The molecule has 0 aromatic heterocycles. The number of amidine groups is 1. The topological polar surface area (TPSA) is 73.3 Å². The first-order chi connectivity index (χ1) is 7.99. The number of nitrogens with zero attached hydrogens (tertiary/aromatic N) is 1. The molecule has 5 heteroatoms. The fourth-order valence-electron chi connectivity index (χ4n) is 2.24. The van der Waals surface area contributed by atoms with Crippen molar-refractivity contribution in [3.63, 3.8) is 0 Å². The number of carbonyl (C=O) groups excluding carboxylic acids is 2. The fourth-order valence-corrected chi connectivity index (χ4v) is 2.24. The lowest BCUT2D eigenvalue weighted by Gasteiger charge is -2.39. The molecular formula is C12H21N3O2. The number of carbonyl (C=O) groups is 2. The molecule has 0 spiro atoms. The van der Waals surface area contributed by atoms with E-state index in [1.54, 1.807) is 0 Å². The molecule has 1 aliphatic heterocycles. The smallest absolute Gasteiger partial charge is 0.287 e. The normalized spacial score (nSPS) is 25.1. The molecule has 96 valence electrons. The van der Waals surface area contributed by atoms with Crippen molar-refractivity contribution in [3.05, 3.63) is 0 Å². The molecule has 0 bridgehead atoms. The Labute approximate surface area is 102 Å². The highest BCUT2D eigenvalue weighted by Gasteiger charge is 2.48. The van der Waals surface area contributed by atoms with E-state index >= 15 is 0 Å². The van der Waals surface area contributed by atoms with Crippen molar-refractivity contribution >= 4 is 17.8 Å². The van der Waals surface area contributed by atoms with Crippen LogP contribution < -0.4 is 5.32 Å². The van der Waals surface area contributed by atoms with Crippen molar-refractivity contribution in [1.82, 2.24) is 10.2 Å². The van der Waals surface area contributed by atoms with Crippen molar-refractivity contribution < 1.29 is 9.59 Å². The second-order valence-electron chi connectivity index (χ2n) is 4.56. The molecular weight excluding hydrogens is 218 g/mol. The van der Waals surface area contributed by atoms with E-state index in [9.17, 15) is 9.59 Å². The van der Waals surface area contributed by atoms with Gasteiger partial charge in [-0.3, -0.25) is 20.4 Å². The van der Waals surface area contributed by atoms with Crippen LogP contribution >= 0.6 is 0 Å². The zero-order chi connectivity index (χ0) is 13.1. The lowest BCUT2D eigenvalue weighted by molar-refractivity contribution is -0.128. The minimum atomic E-state index is -0.822. The number of amides is 3. The molecule has 1 saturated heterocycles. The Hall–Kier alpha value is -1.39. The van der Waals surface area contributed by atoms with Crippen LogP contribution in [0.15, 0.2) is 0 Å². The summed E-state index contributed by atoms with van der Waals surface area (Å²) in [5.41, 5.74) is -0.822. The molecule has 1 rings (SSSR count). The van der Waals surface area contributed by atoms with Gasteiger partial charge in [-0.05, 0) is 12.8 Å². The number of hydrogen-bond acceptors (Lipinski definition) is 3. The van der Waals surface area contributed by atoms with Crippen LogP contribution in [0.1, 0.15) is 46.0 Å². The van der Waals surface area contributed by atoms with Gasteiger partial charge in [0.15, 0.2) is 0 Å². The first-order valence-corrected chi connectivity index (χ1v) is 6.17. The molecule has 1 aliphatic rings. The second-order valence-corrected chi connectivity index (χ2v) is 4.56. The summed E-state index contributed by atoms with van der Waals surface area (Å²) in [7, 11) is 1.54. The average Bonchev–Trinajstić information content (AvgIpc) is 2.31. The molecule has 1 fully saturated rings. The Morgan fingerprint density at radius 1 is 1.29 bits per heavy atom. The SMILES string of the molecule is CCCCCC1(CC)C(=N)N(C)C(=O)NC1=O. The van der Waals surface area contributed by atoms with Crippen molar-refractivity contribution in [2.45, 2.75) is 46.0 Å². The Balaban J connectivity index is 2.91. The Morgan fingerprint density at radius 2 is 1.94 bits per heavy atom. The average molecular weight is 239 g/mol. The van der Waals surface area contributed by atoms with Crippen LogP contribution in [0.2, 0.25) is 0 Å². The van der Waals surface area contributed by atoms with E-state index < -0.39 is 11.4 Å². The van der Waals surface area contributed by atoms with Crippen LogP contribution in [0.5, 0.6) is 0 Å². The van der Waals surface area contributed by atoms with E-state index in [4.69, 9.17) is 5.41 Å². The van der Waals surface area contributed by atoms with E-state index in [-0.39, 0.29) is 11.7 Å². The molecule has 2 N–H and O–H groups in total. The summed E-state index contributed by atoms with van der Waals surface area (Å²) >= 11 is 0. The maximum Gasteiger partial charge on any atom is 0.329 e. The number of hydrogen-bond donors (Lipinski definition) is 2. The number of imide groups is 1. The van der Waals surface area contributed by atoms with Crippen LogP contribution in [0, 0.1) is 10.8 Å². The van der Waals surface area contributed by atoms with Gasteiger partial charge in [0, 0.05) is 7.05 Å². The highest BCUT2D eigenvalue weighted by atomic mass is 16.2. The van der Waals surface area contributed by atoms with E-state index in [1.165, 1.54) is 11.9 Å². The van der Waals surface area contributed by atoms with Crippen molar-refractivity contribution in [3.8, 4) is 0 Å². The third-order valence-corrected chi connectivity index (χ3v) is 3.56. The maximum absolute atomic E-state index is 12.0. The van der Waals surface area contributed by atoms with Crippen molar-refractivity contribution in [1.29, 1.82) is 5.41 Å². The van der Waals surface area contributed by atoms with Crippen LogP contribution in [-0.2, 0) is 4.79 Å². The minimum Gasteiger partial charge on any atom is -0.287 e. The molecule has 0 aliphatic carbocycles. The number of rotatable bonds is 5. The quantitative estimate of drug-likeness (QED) is 0.721. The minimum absolute atomic E-state index is 0.129. The summed E-state index contributed by atoms with van der Waals surface area (Å²) in [6, 6.07) is -0.500. The Bertz CT molecular complexity index is 341. The lowest BCUT2D eigenvalue weighted by Crippen LogP contribution is -2.62. The van der Waals surface area contributed by atoms with Crippen molar-refractivity contribution in [2.24, 2.45) is 5.41 Å². The van der Waals surface area contributed by atoms with E-state index in [0.29, 0.717) is 12.8 Å². The molecule has 17 heavy (non-hydrogen) atoms. The van der Waals surface area contributed by atoms with Gasteiger partial charge in [0.05, 0.1) is 0 Å². The standard InChI is InChI=1S/C12H21N3O2/c1-4-6-7-8-12(5-2)9(13)15(3)11(17)14-10(12)16/h13H,4-8H2,1-3H3,(H,14,16,17). The van der Waals surface area contributed by atoms with Gasteiger partial charge in [0.2, 0.25) is 5.91 Å². The maximum atomic E-state index is 12.0. The molecule has 0 saturated carbocycles. The summed E-state index contributed by atoms with van der Waals surface area (Å²) in [6.07, 6.45) is 4.21. The third kappa shape index (κ3) is 2.33. The number of nitrogens with one attached hydrogen (secondary N) is 2. The van der Waals surface area contributed by atoms with Gasteiger partial charge < -0.3 is 0 Å². The van der Waals surface area contributed by atoms with Gasteiger partial charge in [-0.25, -0.2) is 4.79 Å². The van der Waals surface area contributed by atoms with Gasteiger partial charge in [-0.15, -0.1) is 0 Å². The highest BCUT2D eigenvalue weighted by molar-refractivity contribution is 6.19. The summed E-state index contributed by atoms with van der Waals surface area (Å²) in [4.78, 5) is 24.6. The van der Waals surface area contributed by atoms with E-state index in [0.717, 1.165) is 19.3 Å². The van der Waals surface area contributed by atoms with Crippen LogP contribution in [0.25, 0.3) is 0 Å². The van der Waals surface area contributed by atoms with Crippen molar-refractivity contribution in [2.75, 3.05) is 7.05 Å². The van der Waals surface area contributed by atoms with Gasteiger partial charge in [-0.1, -0.05) is 33.1 Å². The number of urea groups is 1. The van der Waals surface area contributed by atoms with Crippen LogP contribution in [-0.4, -0.2) is 29.7 Å². The fraction of sp³-hybridized carbons (Fsp3) is 0.750. The molecule has 0 aromatic rings. The predicted molar refractivity (Wildman–Crippen MR) is 65.9 cm³/mol. The molecule has 3 amide bonds. The number of unbranched alkanes of at least 4 members (excludes halogenated alkanes) is 2. The first-order valence-electron chi connectivity index (χ1n) is 6.17. The van der Waals surface area contributed by atoms with Gasteiger partial charge in [-0.2, -0.15) is 0 Å². The molecule has 1 heterocycles. The second kappa shape index (κ2) is 5.29. The highest BCUT2D eigenvalue weighted by Crippen LogP contribution is 2.34. The van der Waals surface area contributed by atoms with Gasteiger partial charge >= 0.3 is 6.03 Å². The van der Waals surface area contributed by atoms with Gasteiger partial charge in [0.1, 0.15) is 11.3 Å². The zero-order valence-electron chi connectivity index (χ0n) is 10.8. The summed E-state index contributed by atoms with van der Waals surface area (Å²) in [5, 5.41) is 10.4. The van der Waals surface area contributed by atoms with E-state index in [2.05, 4.69) is 12.2 Å². The summed E-state index contributed by atoms with van der Waals surface area (Å²) < 4.78 is 0. The molecule has 5 nitrogen and oxygen atoms in total. The van der Waals surface area contributed by atoms with Crippen LogP contribution in [0.3, 0.4) is 0 Å². The zero-order valence-corrected chi connectivity index (χ0v) is 10.8. The predicted octanol–water partition coefficient (Wildman–Crippen LogP) is 2.12. The Kier molecular flexibility index (Phi) is 4.26. The Morgan fingerprint density at radius 3 is 2.47 bits per heavy atom. The van der Waals surface area contributed by atoms with Gasteiger partial charge in [0.25, 0.3) is 0 Å². The molecule has 1 atom stereocenters. The van der Waals surface area contributed by atoms with E-state index in [1.807, 2.05) is 6.92 Å². The van der Waals surface area contributed by atoms with Crippen LogP contribution in [0.4, 0.5) is 4.79 Å². The largest absolute Gasteiger partial charge is 0.329 e. The third-order valence-electron chi connectivity index (χ3n) is 3.56. The molecule has 0 aromatic carbocycles.